The molecule has 10 atom stereocenters. The summed E-state index contributed by atoms with van der Waals surface area (Å²) in [7, 11) is 2.51. The summed E-state index contributed by atoms with van der Waals surface area (Å²) in [5, 5.41) is 36.5. The number of hydrogen-bond acceptors (Lipinski definition) is 16. The SMILES string of the molecule is CCCC(=O)O[C@H](C)[C@H]1C[C@@H]2C/C(=C\C(=O)OC)C[C@@](O)(O2)C(C)(C)/C=C/[C@H]2C/C(=C\C(=O)OC)C[C@@H](C[C@]3(O)O[C@H](C[C@@H](O)CC(=O)O1)C[C@H](OC(=O)C(C)(C)C)C3(C)C)O2. The Labute approximate surface area is 365 Å². The first kappa shape index (κ1) is 51.0. The van der Waals surface area contributed by atoms with Crippen LogP contribution in [0, 0.1) is 16.2 Å². The van der Waals surface area contributed by atoms with Crippen molar-refractivity contribution in [2.45, 2.75) is 193 Å². The van der Waals surface area contributed by atoms with Gasteiger partial charge in [-0.1, -0.05) is 57.9 Å². The molecular formula is C46H70O16. The van der Waals surface area contributed by atoms with E-state index >= 15 is 0 Å². The van der Waals surface area contributed by atoms with Gasteiger partial charge >= 0.3 is 29.8 Å². The summed E-state index contributed by atoms with van der Waals surface area (Å²) in [5.41, 5.74) is -2.14. The second kappa shape index (κ2) is 20.4. The van der Waals surface area contributed by atoms with Crippen molar-refractivity contribution < 1.29 is 77.2 Å². The molecule has 3 saturated heterocycles. The molecule has 0 saturated carbocycles. The average Bonchev–Trinajstić information content (AvgIpc) is 3.14. The van der Waals surface area contributed by atoms with Gasteiger partial charge < -0.3 is 53.2 Å². The minimum atomic E-state index is -2.03. The van der Waals surface area contributed by atoms with Gasteiger partial charge in [0.25, 0.3) is 0 Å². The number of ether oxygens (including phenoxy) is 8. The maximum Gasteiger partial charge on any atom is 0.330 e. The first-order chi connectivity index (χ1) is 28.7. The van der Waals surface area contributed by atoms with Crippen LogP contribution in [0.3, 0.4) is 0 Å². The molecule has 4 aliphatic heterocycles. The highest BCUT2D eigenvalue weighted by atomic mass is 16.7. The first-order valence-electron chi connectivity index (χ1n) is 21.7. The third kappa shape index (κ3) is 13.0. The van der Waals surface area contributed by atoms with E-state index in [1.165, 1.54) is 26.4 Å². The number of cyclic esters (lactones) is 1. The van der Waals surface area contributed by atoms with Crippen LogP contribution in [0.2, 0.25) is 0 Å². The van der Waals surface area contributed by atoms with Gasteiger partial charge in [-0.15, -0.1) is 0 Å². The summed E-state index contributed by atoms with van der Waals surface area (Å²) < 4.78 is 47.1. The van der Waals surface area contributed by atoms with E-state index < -0.39 is 113 Å². The van der Waals surface area contributed by atoms with E-state index in [2.05, 4.69) is 0 Å². The molecule has 16 heteroatoms. The molecule has 0 aromatic heterocycles. The van der Waals surface area contributed by atoms with Crippen LogP contribution in [0.1, 0.15) is 133 Å². The molecule has 3 fully saturated rings. The van der Waals surface area contributed by atoms with E-state index in [1.54, 1.807) is 67.5 Å². The molecule has 3 N–H and O–H groups in total. The van der Waals surface area contributed by atoms with Crippen molar-refractivity contribution in [3.63, 3.8) is 0 Å². The standard InChI is InChI=1S/C46H70O16/c1-12-13-37(48)57-27(2)35-23-32-18-29(20-39(50)56-11)25-45(53,61-32)43(6,7)15-14-31-16-28(19-38(49)55-10)17-34(58-31)26-46(54)44(8,9)36(60-41(52)42(3,4)5)24-33(62-46)21-30(47)22-40(51)59-35/h14-15,19-20,27,30-36,47,53-54H,12-13,16-18,21-26H2,1-11H3/b15-14+,28-19+,29-20+/t27-,30-,31+,32+,33-,34+,35-,36+,45-,46+/m1/s1. The fourth-order valence-electron chi connectivity index (χ4n) is 8.37. The summed E-state index contributed by atoms with van der Waals surface area (Å²) in [4.78, 5) is 64.8. The van der Waals surface area contributed by atoms with Crippen LogP contribution >= 0.6 is 0 Å². The van der Waals surface area contributed by atoms with Gasteiger partial charge in [0.15, 0.2) is 11.6 Å². The number of rotatable bonds is 7. The van der Waals surface area contributed by atoms with Gasteiger partial charge in [0.05, 0.1) is 62.0 Å². The lowest BCUT2D eigenvalue weighted by Crippen LogP contribution is -2.62. The van der Waals surface area contributed by atoms with Crippen molar-refractivity contribution in [2.24, 2.45) is 16.2 Å². The topological polar surface area (TPSA) is 220 Å². The molecule has 0 amide bonds. The summed E-state index contributed by atoms with van der Waals surface area (Å²) in [6.45, 7) is 15.5. The Kier molecular flexibility index (Phi) is 16.8. The maximum atomic E-state index is 13.7. The van der Waals surface area contributed by atoms with Gasteiger partial charge in [-0.25, -0.2) is 9.59 Å². The molecule has 0 aliphatic carbocycles. The lowest BCUT2D eigenvalue weighted by molar-refractivity contribution is -0.349. The number of hydrogen-bond donors (Lipinski definition) is 3. The molecule has 350 valence electrons. The number of fused-ring (bicyclic) bond motifs is 6. The average molecular weight is 879 g/mol. The largest absolute Gasteiger partial charge is 0.466 e. The van der Waals surface area contributed by atoms with E-state index in [0.717, 1.165) is 0 Å². The Bertz CT molecular complexity index is 1720. The molecule has 4 rings (SSSR count). The Morgan fingerprint density at radius 1 is 0.871 bits per heavy atom. The molecular weight excluding hydrogens is 808 g/mol. The Hall–Kier alpha value is -3.67. The molecule has 0 spiro atoms. The van der Waals surface area contributed by atoms with Crippen molar-refractivity contribution >= 4 is 29.8 Å². The van der Waals surface area contributed by atoms with Gasteiger partial charge in [-0.2, -0.15) is 0 Å². The Morgan fingerprint density at radius 2 is 1.48 bits per heavy atom. The van der Waals surface area contributed by atoms with Crippen molar-refractivity contribution in [1.29, 1.82) is 0 Å². The zero-order valence-electron chi connectivity index (χ0n) is 38.4. The van der Waals surface area contributed by atoms with E-state index in [-0.39, 0.29) is 57.8 Å². The number of carbonyl (C=O) groups is 5. The van der Waals surface area contributed by atoms with Gasteiger partial charge in [-0.3, -0.25) is 14.4 Å². The highest BCUT2D eigenvalue weighted by Crippen LogP contribution is 2.50. The highest BCUT2D eigenvalue weighted by molar-refractivity contribution is 5.83. The summed E-state index contributed by atoms with van der Waals surface area (Å²) in [5.74, 6) is -7.04. The predicted molar refractivity (Wildman–Crippen MR) is 222 cm³/mol. The van der Waals surface area contributed by atoms with Crippen molar-refractivity contribution in [1.82, 2.24) is 0 Å². The number of carbonyl (C=O) groups excluding carboxylic acids is 5. The van der Waals surface area contributed by atoms with E-state index in [1.807, 2.05) is 6.92 Å². The van der Waals surface area contributed by atoms with E-state index in [4.69, 9.17) is 37.9 Å². The van der Waals surface area contributed by atoms with E-state index in [9.17, 15) is 39.3 Å². The van der Waals surface area contributed by atoms with Crippen LogP contribution in [0.4, 0.5) is 0 Å². The number of aliphatic hydroxyl groups is 3. The first-order valence-corrected chi connectivity index (χ1v) is 21.7. The number of aliphatic hydroxyl groups excluding tert-OH is 1. The van der Waals surface area contributed by atoms with Crippen molar-refractivity contribution in [2.75, 3.05) is 14.2 Å². The van der Waals surface area contributed by atoms with Crippen molar-refractivity contribution in [3.05, 3.63) is 35.5 Å². The molecule has 4 aliphatic rings. The Balaban J connectivity index is 1.84. The van der Waals surface area contributed by atoms with Gasteiger partial charge in [0.2, 0.25) is 0 Å². The number of esters is 5. The molecule has 0 radical (unpaired) electrons. The smallest absolute Gasteiger partial charge is 0.330 e. The molecule has 62 heavy (non-hydrogen) atoms. The lowest BCUT2D eigenvalue weighted by atomic mass is 9.70. The summed E-state index contributed by atoms with van der Waals surface area (Å²) in [6, 6.07) is 0. The zero-order chi connectivity index (χ0) is 46.4. The van der Waals surface area contributed by atoms with Crippen LogP contribution in [-0.4, -0.2) is 120 Å². The molecule has 0 aromatic carbocycles. The fourth-order valence-corrected chi connectivity index (χ4v) is 8.37. The second-order valence-electron chi connectivity index (χ2n) is 19.5. The molecule has 0 unspecified atom stereocenters. The lowest BCUT2D eigenvalue weighted by Gasteiger charge is -2.54. The van der Waals surface area contributed by atoms with Crippen LogP contribution in [0.15, 0.2) is 35.5 Å². The zero-order valence-corrected chi connectivity index (χ0v) is 38.4. The third-order valence-electron chi connectivity index (χ3n) is 12.4. The van der Waals surface area contributed by atoms with Crippen LogP contribution in [0.5, 0.6) is 0 Å². The van der Waals surface area contributed by atoms with Crippen LogP contribution in [0.25, 0.3) is 0 Å². The monoisotopic (exact) mass is 878 g/mol. The molecule has 16 nitrogen and oxygen atoms in total. The molecule has 4 heterocycles. The highest BCUT2D eigenvalue weighted by Gasteiger charge is 2.58. The third-order valence-corrected chi connectivity index (χ3v) is 12.4. The van der Waals surface area contributed by atoms with Gasteiger partial charge in [0, 0.05) is 56.1 Å². The summed E-state index contributed by atoms with van der Waals surface area (Å²) in [6.07, 6.45) is -1.12. The van der Waals surface area contributed by atoms with Crippen LogP contribution in [-0.2, 0) is 61.9 Å². The van der Waals surface area contributed by atoms with Crippen LogP contribution < -0.4 is 0 Å². The maximum absolute atomic E-state index is 13.7. The minimum Gasteiger partial charge on any atom is -0.466 e. The Morgan fingerprint density at radius 3 is 2.10 bits per heavy atom. The van der Waals surface area contributed by atoms with Gasteiger partial charge in [-0.05, 0) is 53.4 Å². The number of methoxy groups -OCH3 is 2. The molecule has 6 bridgehead atoms. The fraction of sp³-hybridized carbons (Fsp3) is 0.761. The van der Waals surface area contributed by atoms with Gasteiger partial charge in [0.1, 0.15) is 18.3 Å². The quantitative estimate of drug-likeness (QED) is 0.129. The molecule has 0 aromatic rings. The predicted octanol–water partition coefficient (Wildman–Crippen LogP) is 5.22. The minimum absolute atomic E-state index is 0.0766. The summed E-state index contributed by atoms with van der Waals surface area (Å²) >= 11 is 0. The van der Waals surface area contributed by atoms with Crippen molar-refractivity contribution in [3.8, 4) is 0 Å². The normalized spacial score (nSPS) is 35.4. The second-order valence-corrected chi connectivity index (χ2v) is 19.5. The van der Waals surface area contributed by atoms with E-state index in [0.29, 0.717) is 17.6 Å².